The number of imidazole rings is 1. The minimum Gasteiger partial charge on any atom is -0.493 e. The molecule has 0 unspecified atom stereocenters. The number of nitrogens with zero attached hydrogens (tertiary/aromatic N) is 7. The van der Waals surface area contributed by atoms with Gasteiger partial charge in [-0.05, 0) is 37.9 Å². The molecular weight excluding hydrogens is 604 g/mol. The molecule has 46 heavy (non-hydrogen) atoms. The Morgan fingerprint density at radius 1 is 1.02 bits per heavy atom. The molecule has 1 aliphatic rings. The van der Waals surface area contributed by atoms with E-state index in [2.05, 4.69) is 49.1 Å². The van der Waals surface area contributed by atoms with Crippen LogP contribution in [0.25, 0.3) is 16.7 Å². The molecule has 250 valence electrons. The van der Waals surface area contributed by atoms with Crippen LogP contribution in [0.5, 0.6) is 17.2 Å². The first-order valence-corrected chi connectivity index (χ1v) is 18.6. The lowest BCUT2D eigenvalue weighted by Gasteiger charge is -2.38. The predicted molar refractivity (Wildman–Crippen MR) is 182 cm³/mol. The molecule has 1 aromatic carbocycles. The largest absolute Gasteiger partial charge is 0.493 e. The third-order valence-corrected chi connectivity index (χ3v) is 13.6. The Kier molecular flexibility index (Phi) is 9.80. The maximum absolute atomic E-state index is 6.71. The van der Waals surface area contributed by atoms with Crippen molar-refractivity contribution in [2.45, 2.75) is 71.3 Å². The highest BCUT2D eigenvalue weighted by Gasteiger charge is 2.39. The van der Waals surface area contributed by atoms with Crippen molar-refractivity contribution in [3.05, 3.63) is 30.4 Å². The monoisotopic (exact) mass is 652 g/mol. The number of methoxy groups -OCH3 is 4. The Morgan fingerprint density at radius 2 is 1.74 bits per heavy atom. The summed E-state index contributed by atoms with van der Waals surface area (Å²) in [4.78, 5) is 17.0. The van der Waals surface area contributed by atoms with E-state index in [0.29, 0.717) is 48.8 Å². The summed E-state index contributed by atoms with van der Waals surface area (Å²) in [5.74, 6) is 3.51. The predicted octanol–water partition coefficient (Wildman–Crippen LogP) is 5.73. The highest BCUT2D eigenvalue weighted by Crippen LogP contribution is 2.40. The summed E-state index contributed by atoms with van der Waals surface area (Å²) >= 11 is 0. The van der Waals surface area contributed by atoms with Crippen LogP contribution in [-0.4, -0.2) is 91.9 Å². The molecule has 0 aliphatic carbocycles. The standard InChI is InChI=1S/C32H48N8O5Si/c1-21-27-29(39-13-11-12-22(39)19-45-46(9,10)32(2,3)4)35-31(36-30(27)40(37-21)14-15-41-5)34-26-18-38(20-33-26)23-16-24(42-6)28(44-8)25(17-23)43-7/h16-18,20,22H,11-15,19H2,1-10H3,(H,34,35,36)/t22-/m0/s1. The molecule has 13 nitrogen and oxygen atoms in total. The molecule has 1 atom stereocenters. The van der Waals surface area contributed by atoms with E-state index in [9.17, 15) is 0 Å². The van der Waals surface area contributed by atoms with Gasteiger partial charge in [-0.3, -0.25) is 0 Å². The number of aromatic nitrogens is 6. The second-order valence-corrected chi connectivity index (χ2v) is 17.9. The zero-order valence-electron chi connectivity index (χ0n) is 28.8. The van der Waals surface area contributed by atoms with Crippen LogP contribution in [0.1, 0.15) is 39.3 Å². The van der Waals surface area contributed by atoms with Crippen molar-refractivity contribution in [1.82, 2.24) is 29.3 Å². The molecule has 1 aliphatic heterocycles. The van der Waals surface area contributed by atoms with Gasteiger partial charge in [-0.15, -0.1) is 0 Å². The number of benzene rings is 1. The SMILES string of the molecule is COCCn1nc(C)c2c(N3CCC[C@H]3CO[Si](C)(C)C(C)(C)C)nc(Nc3cn(-c4cc(OC)c(OC)c(OC)c4)cn3)nc21. The summed E-state index contributed by atoms with van der Waals surface area (Å²) in [5.41, 5.74) is 2.43. The van der Waals surface area contributed by atoms with Crippen molar-refractivity contribution >= 4 is 36.9 Å². The van der Waals surface area contributed by atoms with Gasteiger partial charge in [0.05, 0.1) is 70.1 Å². The lowest BCUT2D eigenvalue weighted by molar-refractivity contribution is 0.184. The lowest BCUT2D eigenvalue weighted by Crippen LogP contribution is -2.45. The zero-order chi connectivity index (χ0) is 33.2. The van der Waals surface area contributed by atoms with E-state index in [1.54, 1.807) is 34.8 Å². The first kappa shape index (κ1) is 33.5. The van der Waals surface area contributed by atoms with Crippen molar-refractivity contribution in [3.8, 4) is 22.9 Å². The van der Waals surface area contributed by atoms with Gasteiger partial charge >= 0.3 is 0 Å². The fraction of sp³-hybridized carbons (Fsp3) is 0.562. The molecule has 0 amide bonds. The quantitative estimate of drug-likeness (QED) is 0.178. The smallest absolute Gasteiger partial charge is 0.232 e. The molecule has 1 fully saturated rings. The maximum atomic E-state index is 6.71. The average molecular weight is 653 g/mol. The minimum atomic E-state index is -1.92. The summed E-state index contributed by atoms with van der Waals surface area (Å²) < 4.78 is 32.4. The first-order chi connectivity index (χ1) is 21.9. The van der Waals surface area contributed by atoms with Gasteiger partial charge in [0.2, 0.25) is 11.7 Å². The third kappa shape index (κ3) is 6.64. The number of hydrogen-bond acceptors (Lipinski definition) is 11. The number of aryl methyl sites for hydroxylation is 1. The van der Waals surface area contributed by atoms with E-state index >= 15 is 0 Å². The van der Waals surface area contributed by atoms with Gasteiger partial charge in [-0.1, -0.05) is 20.8 Å². The van der Waals surface area contributed by atoms with Crippen LogP contribution in [0.3, 0.4) is 0 Å². The van der Waals surface area contributed by atoms with E-state index in [0.717, 1.165) is 47.6 Å². The van der Waals surface area contributed by atoms with E-state index in [-0.39, 0.29) is 11.1 Å². The normalized spacial score (nSPS) is 15.5. The van der Waals surface area contributed by atoms with Crippen molar-refractivity contribution in [3.63, 3.8) is 0 Å². The molecule has 0 saturated carbocycles. The fourth-order valence-corrected chi connectivity index (χ4v) is 6.53. The number of hydrogen-bond donors (Lipinski definition) is 1. The van der Waals surface area contributed by atoms with E-state index in [1.165, 1.54) is 0 Å². The van der Waals surface area contributed by atoms with Crippen LogP contribution in [-0.2, 0) is 15.7 Å². The van der Waals surface area contributed by atoms with Gasteiger partial charge in [-0.25, -0.2) is 9.67 Å². The molecule has 14 heteroatoms. The highest BCUT2D eigenvalue weighted by atomic mass is 28.4. The summed E-state index contributed by atoms with van der Waals surface area (Å²) in [5, 5.41) is 9.28. The molecular formula is C32H48N8O5Si. The Morgan fingerprint density at radius 3 is 2.37 bits per heavy atom. The molecule has 5 rings (SSSR count). The number of nitrogens with one attached hydrogen (secondary N) is 1. The van der Waals surface area contributed by atoms with Crippen molar-refractivity contribution in [1.29, 1.82) is 0 Å². The minimum absolute atomic E-state index is 0.139. The highest BCUT2D eigenvalue weighted by molar-refractivity contribution is 6.74. The van der Waals surface area contributed by atoms with Crippen LogP contribution in [0, 0.1) is 6.92 Å². The Bertz CT molecular complexity index is 1640. The van der Waals surface area contributed by atoms with Gasteiger partial charge in [0.25, 0.3) is 0 Å². The van der Waals surface area contributed by atoms with Crippen molar-refractivity contribution < 1.29 is 23.4 Å². The number of ether oxygens (including phenoxy) is 4. The first-order valence-electron chi connectivity index (χ1n) is 15.7. The van der Waals surface area contributed by atoms with Gasteiger partial charge in [-0.2, -0.15) is 15.1 Å². The molecule has 0 radical (unpaired) electrons. The van der Waals surface area contributed by atoms with Gasteiger partial charge in [0, 0.05) is 25.8 Å². The Labute approximate surface area is 272 Å². The summed E-state index contributed by atoms with van der Waals surface area (Å²) in [6.45, 7) is 16.1. The zero-order valence-corrected chi connectivity index (χ0v) is 29.8. The molecule has 0 spiro atoms. The maximum Gasteiger partial charge on any atom is 0.232 e. The second kappa shape index (κ2) is 13.5. The third-order valence-electron chi connectivity index (χ3n) is 9.12. The molecule has 4 heterocycles. The van der Waals surface area contributed by atoms with Gasteiger partial charge < -0.3 is 38.2 Å². The molecule has 0 bridgehead atoms. The van der Waals surface area contributed by atoms with Crippen LogP contribution in [0.15, 0.2) is 24.7 Å². The van der Waals surface area contributed by atoms with Gasteiger partial charge in [0.15, 0.2) is 31.3 Å². The summed E-state index contributed by atoms with van der Waals surface area (Å²) in [7, 11) is 4.54. The molecule has 3 aromatic heterocycles. The van der Waals surface area contributed by atoms with Crippen LogP contribution < -0.4 is 24.4 Å². The van der Waals surface area contributed by atoms with Crippen molar-refractivity contribution in [2.24, 2.45) is 0 Å². The van der Waals surface area contributed by atoms with E-state index in [1.807, 2.05) is 34.5 Å². The number of fused-ring (bicyclic) bond motifs is 1. The van der Waals surface area contributed by atoms with E-state index < -0.39 is 8.32 Å². The van der Waals surface area contributed by atoms with Crippen molar-refractivity contribution in [2.75, 3.05) is 58.4 Å². The average Bonchev–Trinajstić information content (AvgIpc) is 3.76. The lowest BCUT2D eigenvalue weighted by atomic mass is 10.2. The molecule has 1 N–H and O–H groups in total. The summed E-state index contributed by atoms with van der Waals surface area (Å²) in [6.07, 6.45) is 5.69. The second-order valence-electron chi connectivity index (χ2n) is 13.1. The van der Waals surface area contributed by atoms with Crippen LogP contribution >= 0.6 is 0 Å². The summed E-state index contributed by atoms with van der Waals surface area (Å²) in [6, 6.07) is 3.94. The Hall–Kier alpha value is -3.88. The molecule has 4 aromatic rings. The fourth-order valence-electron chi connectivity index (χ4n) is 5.49. The van der Waals surface area contributed by atoms with Crippen LogP contribution in [0.2, 0.25) is 18.1 Å². The van der Waals surface area contributed by atoms with Crippen LogP contribution in [0.4, 0.5) is 17.6 Å². The van der Waals surface area contributed by atoms with Gasteiger partial charge in [0.1, 0.15) is 12.1 Å². The number of anilines is 3. The number of rotatable bonds is 13. The Balaban J connectivity index is 1.50. The molecule has 1 saturated heterocycles. The van der Waals surface area contributed by atoms with E-state index in [4.69, 9.17) is 38.4 Å². The topological polar surface area (TPSA) is 123 Å².